The second kappa shape index (κ2) is 7.36. The van der Waals surface area contributed by atoms with Gasteiger partial charge in [0.2, 0.25) is 0 Å². The Bertz CT molecular complexity index is 424. The van der Waals surface area contributed by atoms with Crippen LogP contribution in [0.2, 0.25) is 0 Å². The molecule has 1 aromatic heterocycles. The lowest BCUT2D eigenvalue weighted by Gasteiger charge is -2.36. The van der Waals surface area contributed by atoms with Gasteiger partial charge in [-0.05, 0) is 58.2 Å². The van der Waals surface area contributed by atoms with Crippen LogP contribution in [-0.2, 0) is 13.1 Å². The minimum Gasteiger partial charge on any atom is -0.303 e. The minimum absolute atomic E-state index is 0.842. The van der Waals surface area contributed by atoms with Crippen molar-refractivity contribution in [2.45, 2.75) is 52.1 Å². The number of likely N-dealkylation sites (tertiary alicyclic amines) is 2. The molecule has 3 heterocycles. The predicted molar refractivity (Wildman–Crippen MR) is 84.0 cm³/mol. The first-order valence-electron chi connectivity index (χ1n) is 8.66. The third-order valence-corrected chi connectivity index (χ3v) is 4.93. The van der Waals surface area contributed by atoms with Crippen molar-refractivity contribution in [3.05, 3.63) is 12.2 Å². The number of hydrogen-bond acceptors (Lipinski definition) is 4. The van der Waals surface area contributed by atoms with E-state index in [9.17, 15) is 0 Å². The summed E-state index contributed by atoms with van der Waals surface area (Å²) in [6.45, 7) is 10.4. The van der Waals surface area contributed by atoms with E-state index in [1.807, 2.05) is 4.68 Å². The van der Waals surface area contributed by atoms with Gasteiger partial charge >= 0.3 is 0 Å². The van der Waals surface area contributed by atoms with Crippen molar-refractivity contribution in [3.63, 3.8) is 0 Å². The van der Waals surface area contributed by atoms with Crippen LogP contribution in [0.25, 0.3) is 0 Å². The molecule has 1 atom stereocenters. The molecule has 0 saturated carbocycles. The lowest BCUT2D eigenvalue weighted by molar-refractivity contribution is 0.115. The molecule has 2 fully saturated rings. The van der Waals surface area contributed by atoms with E-state index in [-0.39, 0.29) is 0 Å². The predicted octanol–water partition coefficient (Wildman–Crippen LogP) is 2.00. The Morgan fingerprint density at radius 3 is 2.71 bits per heavy atom. The zero-order chi connectivity index (χ0) is 14.5. The van der Waals surface area contributed by atoms with Gasteiger partial charge in [-0.15, -0.1) is 0 Å². The smallest absolute Gasteiger partial charge is 0.140 e. The summed E-state index contributed by atoms with van der Waals surface area (Å²) in [5, 5.41) is 4.28. The fourth-order valence-electron chi connectivity index (χ4n) is 3.83. The van der Waals surface area contributed by atoms with E-state index in [2.05, 4.69) is 26.8 Å². The maximum absolute atomic E-state index is 4.42. The van der Waals surface area contributed by atoms with Crippen LogP contribution >= 0.6 is 0 Å². The van der Waals surface area contributed by atoms with Crippen molar-refractivity contribution in [3.8, 4) is 0 Å². The molecule has 0 aromatic carbocycles. The van der Waals surface area contributed by atoms with Gasteiger partial charge in [0.15, 0.2) is 0 Å². The monoisotopic (exact) mass is 291 g/mol. The van der Waals surface area contributed by atoms with Gasteiger partial charge in [-0.1, -0.05) is 6.42 Å². The summed E-state index contributed by atoms with van der Waals surface area (Å²) < 4.78 is 2.02. The van der Waals surface area contributed by atoms with Gasteiger partial charge in [-0.2, -0.15) is 5.10 Å². The molecule has 0 N–H and O–H groups in total. The summed E-state index contributed by atoms with van der Waals surface area (Å²) >= 11 is 0. The van der Waals surface area contributed by atoms with Crippen molar-refractivity contribution in [2.24, 2.45) is 5.92 Å². The van der Waals surface area contributed by atoms with Crippen LogP contribution in [0, 0.1) is 5.92 Å². The van der Waals surface area contributed by atoms with E-state index in [0.29, 0.717) is 0 Å². The highest BCUT2D eigenvalue weighted by atomic mass is 15.3. The van der Waals surface area contributed by atoms with Gasteiger partial charge in [0.1, 0.15) is 12.2 Å². The second-order valence-electron chi connectivity index (χ2n) is 6.60. The highest BCUT2D eigenvalue weighted by molar-refractivity contribution is 4.87. The molecule has 118 valence electrons. The summed E-state index contributed by atoms with van der Waals surface area (Å²) in [6.07, 6.45) is 8.65. The Morgan fingerprint density at radius 1 is 1.10 bits per heavy atom. The number of nitrogens with zero attached hydrogens (tertiary/aromatic N) is 5. The van der Waals surface area contributed by atoms with Crippen molar-refractivity contribution >= 4 is 0 Å². The Morgan fingerprint density at radius 2 is 1.90 bits per heavy atom. The first-order valence-corrected chi connectivity index (χ1v) is 8.66. The average Bonchev–Trinajstić information content (AvgIpc) is 2.96. The van der Waals surface area contributed by atoms with Gasteiger partial charge in [0.25, 0.3) is 0 Å². The Labute approximate surface area is 128 Å². The molecule has 0 spiro atoms. The fourth-order valence-corrected chi connectivity index (χ4v) is 3.83. The van der Waals surface area contributed by atoms with Crippen LogP contribution in [0.15, 0.2) is 6.33 Å². The van der Waals surface area contributed by atoms with E-state index in [1.165, 1.54) is 64.8 Å². The maximum atomic E-state index is 4.42. The first kappa shape index (κ1) is 15.0. The quantitative estimate of drug-likeness (QED) is 0.831. The van der Waals surface area contributed by atoms with E-state index in [1.54, 1.807) is 6.33 Å². The number of rotatable bonds is 5. The van der Waals surface area contributed by atoms with Crippen LogP contribution in [0.4, 0.5) is 0 Å². The molecular weight excluding hydrogens is 262 g/mol. The summed E-state index contributed by atoms with van der Waals surface area (Å²) in [7, 11) is 0. The van der Waals surface area contributed by atoms with E-state index >= 15 is 0 Å². The van der Waals surface area contributed by atoms with Gasteiger partial charge in [-0.25, -0.2) is 9.67 Å². The zero-order valence-electron chi connectivity index (χ0n) is 13.4. The highest BCUT2D eigenvalue weighted by Gasteiger charge is 2.23. The minimum atomic E-state index is 0.842. The van der Waals surface area contributed by atoms with Gasteiger partial charge < -0.3 is 4.90 Å². The largest absolute Gasteiger partial charge is 0.303 e. The van der Waals surface area contributed by atoms with Crippen molar-refractivity contribution in [1.82, 2.24) is 24.6 Å². The highest BCUT2D eigenvalue weighted by Crippen LogP contribution is 2.20. The number of hydrogen-bond donors (Lipinski definition) is 0. The van der Waals surface area contributed by atoms with Gasteiger partial charge in [0.05, 0.1) is 6.54 Å². The molecule has 0 amide bonds. The molecule has 2 aliphatic heterocycles. The lowest BCUT2D eigenvalue weighted by atomic mass is 9.96. The number of aromatic nitrogens is 3. The van der Waals surface area contributed by atoms with Crippen LogP contribution in [-0.4, -0.2) is 57.3 Å². The molecule has 0 radical (unpaired) electrons. The standard InChI is InChI=1S/C16H29N5/c1-2-21-16(17-14-18-21)13-20-10-6-7-15(12-20)11-19-8-4-3-5-9-19/h14-15H,2-13H2,1H3. The maximum Gasteiger partial charge on any atom is 0.140 e. The first-order chi connectivity index (χ1) is 10.3. The summed E-state index contributed by atoms with van der Waals surface area (Å²) in [5.74, 6) is 1.96. The molecular formula is C16H29N5. The topological polar surface area (TPSA) is 37.2 Å². The van der Waals surface area contributed by atoms with Crippen LogP contribution < -0.4 is 0 Å². The van der Waals surface area contributed by atoms with Crippen molar-refractivity contribution in [1.29, 1.82) is 0 Å². The summed E-state index contributed by atoms with van der Waals surface area (Å²) in [6, 6.07) is 0. The number of aryl methyl sites for hydroxylation is 1. The van der Waals surface area contributed by atoms with Gasteiger partial charge in [-0.3, -0.25) is 4.90 Å². The molecule has 3 rings (SSSR count). The molecule has 0 aliphatic carbocycles. The summed E-state index contributed by atoms with van der Waals surface area (Å²) in [4.78, 5) is 9.69. The zero-order valence-corrected chi connectivity index (χ0v) is 13.4. The van der Waals surface area contributed by atoms with Gasteiger partial charge in [0, 0.05) is 19.6 Å². The Hall–Kier alpha value is -0.940. The van der Waals surface area contributed by atoms with Crippen molar-refractivity contribution in [2.75, 3.05) is 32.7 Å². The van der Waals surface area contributed by atoms with E-state index < -0.39 is 0 Å². The Kier molecular flexibility index (Phi) is 5.25. The molecule has 1 unspecified atom stereocenters. The average molecular weight is 291 g/mol. The molecule has 2 saturated heterocycles. The molecule has 0 bridgehead atoms. The van der Waals surface area contributed by atoms with Crippen molar-refractivity contribution < 1.29 is 0 Å². The van der Waals surface area contributed by atoms with Crippen LogP contribution in [0.3, 0.4) is 0 Å². The fraction of sp³-hybridized carbons (Fsp3) is 0.875. The molecule has 5 heteroatoms. The molecule has 5 nitrogen and oxygen atoms in total. The summed E-state index contributed by atoms with van der Waals surface area (Å²) in [5.41, 5.74) is 0. The van der Waals surface area contributed by atoms with Crippen LogP contribution in [0.1, 0.15) is 44.9 Å². The third kappa shape index (κ3) is 4.04. The van der Waals surface area contributed by atoms with E-state index in [4.69, 9.17) is 0 Å². The molecule has 2 aliphatic rings. The SMILES string of the molecule is CCn1ncnc1CN1CCCC(CN2CCCCC2)C1. The second-order valence-corrected chi connectivity index (χ2v) is 6.60. The normalized spacial score (nSPS) is 25.3. The van der Waals surface area contributed by atoms with E-state index in [0.717, 1.165) is 24.8 Å². The third-order valence-electron chi connectivity index (χ3n) is 4.93. The number of piperidine rings is 2. The lowest BCUT2D eigenvalue weighted by Crippen LogP contribution is -2.42. The Balaban J connectivity index is 1.50. The molecule has 1 aromatic rings. The molecule has 21 heavy (non-hydrogen) atoms. The van der Waals surface area contributed by atoms with Crippen LogP contribution in [0.5, 0.6) is 0 Å².